The van der Waals surface area contributed by atoms with Gasteiger partial charge in [-0.05, 0) is 38.1 Å². The number of morpholine rings is 1. The van der Waals surface area contributed by atoms with Gasteiger partial charge in [0.15, 0.2) is 0 Å². The minimum atomic E-state index is -0.343. The van der Waals surface area contributed by atoms with Gasteiger partial charge in [0.2, 0.25) is 11.8 Å². The average Bonchev–Trinajstić information content (AvgIpc) is 2.88. The molecule has 1 aromatic carbocycles. The number of hydrogen-bond acceptors (Lipinski definition) is 3. The zero-order chi connectivity index (χ0) is 16.6. The van der Waals surface area contributed by atoms with Gasteiger partial charge < -0.3 is 14.5 Å². The molecule has 124 valence electrons. The Morgan fingerprint density at radius 1 is 1.13 bits per heavy atom. The molecule has 2 fully saturated rings. The Hall–Kier alpha value is -1.95. The van der Waals surface area contributed by atoms with Crippen LogP contribution in [0.2, 0.25) is 0 Å². The van der Waals surface area contributed by atoms with Gasteiger partial charge in [-0.1, -0.05) is 0 Å². The molecule has 0 N–H and O–H groups in total. The summed E-state index contributed by atoms with van der Waals surface area (Å²) in [6, 6.07) is 5.78. The number of ether oxygens (including phenoxy) is 1. The molecule has 0 saturated carbocycles. The van der Waals surface area contributed by atoms with Crippen molar-refractivity contribution in [2.45, 2.75) is 32.5 Å². The van der Waals surface area contributed by atoms with E-state index in [0.717, 1.165) is 0 Å². The maximum Gasteiger partial charge on any atom is 0.228 e. The molecule has 2 saturated heterocycles. The molecule has 23 heavy (non-hydrogen) atoms. The molecular weight excluding hydrogens is 299 g/mol. The summed E-state index contributed by atoms with van der Waals surface area (Å²) >= 11 is 0. The number of benzene rings is 1. The van der Waals surface area contributed by atoms with Crippen LogP contribution >= 0.6 is 0 Å². The second-order valence-corrected chi connectivity index (χ2v) is 6.38. The van der Waals surface area contributed by atoms with E-state index in [0.29, 0.717) is 25.3 Å². The van der Waals surface area contributed by atoms with Gasteiger partial charge in [0.1, 0.15) is 5.82 Å². The van der Waals surface area contributed by atoms with Gasteiger partial charge in [-0.25, -0.2) is 4.39 Å². The van der Waals surface area contributed by atoms with Crippen LogP contribution in [-0.4, -0.2) is 48.6 Å². The molecular formula is C17H21FN2O3. The van der Waals surface area contributed by atoms with Crippen LogP contribution < -0.4 is 4.90 Å². The zero-order valence-corrected chi connectivity index (χ0v) is 13.4. The lowest BCUT2D eigenvalue weighted by atomic mass is 10.1. The van der Waals surface area contributed by atoms with Crippen molar-refractivity contribution in [2.75, 3.05) is 24.5 Å². The highest BCUT2D eigenvalue weighted by Gasteiger charge is 2.38. The Balaban J connectivity index is 1.69. The van der Waals surface area contributed by atoms with Crippen molar-refractivity contribution in [1.29, 1.82) is 0 Å². The highest BCUT2D eigenvalue weighted by molar-refractivity contribution is 6.00. The SMILES string of the molecule is CC1CN(C(=O)C2CC(=O)N(c3ccc(F)cc3)C2)CC(C)O1. The third-order valence-electron chi connectivity index (χ3n) is 4.34. The molecule has 0 bridgehead atoms. The van der Waals surface area contributed by atoms with Gasteiger partial charge in [-0.2, -0.15) is 0 Å². The molecule has 1 aromatic rings. The molecule has 2 aliphatic heterocycles. The molecule has 3 rings (SSSR count). The fourth-order valence-electron chi connectivity index (χ4n) is 3.36. The molecule has 2 aliphatic rings. The van der Waals surface area contributed by atoms with Crippen LogP contribution in [-0.2, 0) is 14.3 Å². The van der Waals surface area contributed by atoms with Crippen LogP contribution in [0.25, 0.3) is 0 Å². The monoisotopic (exact) mass is 320 g/mol. The largest absolute Gasteiger partial charge is 0.372 e. The lowest BCUT2D eigenvalue weighted by molar-refractivity contribution is -0.147. The van der Waals surface area contributed by atoms with E-state index in [1.807, 2.05) is 13.8 Å². The van der Waals surface area contributed by atoms with Crippen molar-refractivity contribution < 1.29 is 18.7 Å². The van der Waals surface area contributed by atoms with Crippen LogP contribution in [0.15, 0.2) is 24.3 Å². The third kappa shape index (κ3) is 3.37. The molecule has 0 spiro atoms. The van der Waals surface area contributed by atoms with E-state index in [2.05, 4.69) is 0 Å². The fourth-order valence-corrected chi connectivity index (χ4v) is 3.36. The summed E-state index contributed by atoms with van der Waals surface area (Å²) in [5.41, 5.74) is 0.635. The number of rotatable bonds is 2. The first-order chi connectivity index (χ1) is 10.9. The minimum absolute atomic E-state index is 0.00459. The van der Waals surface area contributed by atoms with E-state index in [1.165, 1.54) is 12.1 Å². The number of amides is 2. The molecule has 0 aliphatic carbocycles. The van der Waals surface area contributed by atoms with E-state index in [9.17, 15) is 14.0 Å². The number of carbonyl (C=O) groups is 2. The van der Waals surface area contributed by atoms with E-state index in [1.54, 1.807) is 21.9 Å². The lowest BCUT2D eigenvalue weighted by Crippen LogP contribution is -2.50. The minimum Gasteiger partial charge on any atom is -0.372 e. The number of nitrogens with zero attached hydrogens (tertiary/aromatic N) is 2. The normalized spacial score (nSPS) is 28.3. The predicted octanol–water partition coefficient (Wildman–Crippen LogP) is 1.81. The van der Waals surface area contributed by atoms with Gasteiger partial charge in [0.05, 0.1) is 18.1 Å². The average molecular weight is 320 g/mol. The second kappa shape index (κ2) is 6.28. The molecule has 2 amide bonds. The van der Waals surface area contributed by atoms with Crippen LogP contribution in [0.5, 0.6) is 0 Å². The summed E-state index contributed by atoms with van der Waals surface area (Å²) in [5.74, 6) is -0.774. The van der Waals surface area contributed by atoms with Crippen LogP contribution in [0.1, 0.15) is 20.3 Å². The van der Waals surface area contributed by atoms with Crippen molar-refractivity contribution >= 4 is 17.5 Å². The van der Waals surface area contributed by atoms with Crippen molar-refractivity contribution in [2.24, 2.45) is 5.92 Å². The number of carbonyl (C=O) groups excluding carboxylic acids is 2. The van der Waals surface area contributed by atoms with Crippen molar-refractivity contribution in [3.05, 3.63) is 30.1 Å². The topological polar surface area (TPSA) is 49.9 Å². The van der Waals surface area contributed by atoms with E-state index in [4.69, 9.17) is 4.74 Å². The maximum atomic E-state index is 13.0. The third-order valence-corrected chi connectivity index (χ3v) is 4.34. The molecule has 0 radical (unpaired) electrons. The van der Waals surface area contributed by atoms with E-state index in [-0.39, 0.29) is 42.2 Å². The molecule has 5 nitrogen and oxygen atoms in total. The van der Waals surface area contributed by atoms with Crippen molar-refractivity contribution in [3.8, 4) is 0 Å². The Morgan fingerprint density at radius 2 is 1.74 bits per heavy atom. The fraction of sp³-hybridized carbons (Fsp3) is 0.529. The Morgan fingerprint density at radius 3 is 2.35 bits per heavy atom. The molecule has 6 heteroatoms. The number of anilines is 1. The summed E-state index contributed by atoms with van der Waals surface area (Å²) in [6.07, 6.45) is 0.220. The molecule has 2 heterocycles. The van der Waals surface area contributed by atoms with Crippen molar-refractivity contribution in [1.82, 2.24) is 4.90 Å². The van der Waals surface area contributed by atoms with E-state index < -0.39 is 0 Å². The standard InChI is InChI=1S/C17H21FN2O3/c1-11-8-19(9-12(2)23-11)17(22)13-7-16(21)20(10-13)15-5-3-14(18)4-6-15/h3-6,11-13H,7-10H2,1-2H3. The highest BCUT2D eigenvalue weighted by atomic mass is 19.1. The Labute approximate surface area is 135 Å². The van der Waals surface area contributed by atoms with Gasteiger partial charge in [-0.3, -0.25) is 9.59 Å². The maximum absolute atomic E-state index is 13.0. The lowest BCUT2D eigenvalue weighted by Gasteiger charge is -2.36. The smallest absolute Gasteiger partial charge is 0.228 e. The first kappa shape index (κ1) is 15.9. The summed E-state index contributed by atoms with van der Waals surface area (Å²) in [7, 11) is 0. The van der Waals surface area contributed by atoms with Gasteiger partial charge in [0.25, 0.3) is 0 Å². The van der Waals surface area contributed by atoms with Crippen LogP contribution in [0.3, 0.4) is 0 Å². The molecule has 3 unspecified atom stereocenters. The van der Waals surface area contributed by atoms with Gasteiger partial charge >= 0.3 is 0 Å². The summed E-state index contributed by atoms with van der Waals surface area (Å²) in [5, 5.41) is 0. The highest BCUT2D eigenvalue weighted by Crippen LogP contribution is 2.27. The molecule has 3 atom stereocenters. The Bertz CT molecular complexity index is 594. The summed E-state index contributed by atoms with van der Waals surface area (Å²) < 4.78 is 18.7. The van der Waals surface area contributed by atoms with Crippen LogP contribution in [0.4, 0.5) is 10.1 Å². The van der Waals surface area contributed by atoms with Gasteiger partial charge in [0, 0.05) is 31.7 Å². The second-order valence-electron chi connectivity index (χ2n) is 6.38. The zero-order valence-electron chi connectivity index (χ0n) is 13.4. The van der Waals surface area contributed by atoms with Crippen LogP contribution in [0, 0.1) is 11.7 Å². The number of halogens is 1. The quantitative estimate of drug-likeness (QED) is 0.835. The first-order valence-electron chi connectivity index (χ1n) is 7.94. The molecule has 0 aromatic heterocycles. The van der Waals surface area contributed by atoms with E-state index >= 15 is 0 Å². The Kier molecular flexibility index (Phi) is 4.35. The summed E-state index contributed by atoms with van der Waals surface area (Å²) in [6.45, 7) is 5.36. The summed E-state index contributed by atoms with van der Waals surface area (Å²) in [4.78, 5) is 28.3. The first-order valence-corrected chi connectivity index (χ1v) is 7.94. The van der Waals surface area contributed by atoms with Gasteiger partial charge in [-0.15, -0.1) is 0 Å². The predicted molar refractivity (Wildman–Crippen MR) is 83.4 cm³/mol. The van der Waals surface area contributed by atoms with Crippen molar-refractivity contribution in [3.63, 3.8) is 0 Å². The number of hydrogen-bond donors (Lipinski definition) is 0.